The molecule has 3 aromatic rings. The lowest BCUT2D eigenvalue weighted by Gasteiger charge is -2.39. The summed E-state index contributed by atoms with van der Waals surface area (Å²) in [5, 5.41) is 18.0. The minimum absolute atomic E-state index is 0.0107. The number of piperazine rings is 1. The van der Waals surface area contributed by atoms with Crippen molar-refractivity contribution in [2.45, 2.75) is 64.8 Å². The molecule has 3 aromatic carbocycles. The number of halogens is 2. The second kappa shape index (κ2) is 15.9. The Morgan fingerprint density at radius 2 is 1.64 bits per heavy atom. The first kappa shape index (κ1) is 33.2. The van der Waals surface area contributed by atoms with E-state index in [0.29, 0.717) is 43.9 Å². The summed E-state index contributed by atoms with van der Waals surface area (Å²) in [7, 11) is 0. The first-order valence-corrected chi connectivity index (χ1v) is 15.5. The van der Waals surface area contributed by atoms with Crippen molar-refractivity contribution in [1.82, 2.24) is 20.4 Å². The van der Waals surface area contributed by atoms with Gasteiger partial charge in [-0.2, -0.15) is 0 Å². The lowest BCUT2D eigenvalue weighted by Crippen LogP contribution is -2.61. The van der Waals surface area contributed by atoms with Gasteiger partial charge in [0.25, 0.3) is 11.8 Å². The topological polar surface area (TPSA) is 84.9 Å². The number of carbonyl (C=O) groups is 2. The average Bonchev–Trinajstić information content (AvgIpc) is 2.99. The number of aliphatic hydroxyl groups excluding tert-OH is 1. The van der Waals surface area contributed by atoms with Gasteiger partial charge in [0.15, 0.2) is 0 Å². The molecule has 0 aromatic heterocycles. The quantitative estimate of drug-likeness (QED) is 0.263. The van der Waals surface area contributed by atoms with E-state index in [4.69, 9.17) is 0 Å². The molecule has 7 nitrogen and oxygen atoms in total. The minimum atomic E-state index is -1.07. The maximum Gasteiger partial charge on any atom is 0.253 e. The number of rotatable bonds is 13. The molecule has 0 radical (unpaired) electrons. The van der Waals surface area contributed by atoms with E-state index < -0.39 is 35.7 Å². The molecule has 1 unspecified atom stereocenters. The summed E-state index contributed by atoms with van der Waals surface area (Å²) in [6.45, 7) is 9.76. The third-order valence-corrected chi connectivity index (χ3v) is 7.92. The van der Waals surface area contributed by atoms with Crippen LogP contribution >= 0.6 is 0 Å². The zero-order valence-corrected chi connectivity index (χ0v) is 25.9. The summed E-state index contributed by atoms with van der Waals surface area (Å²) >= 11 is 0. The van der Waals surface area contributed by atoms with Gasteiger partial charge >= 0.3 is 0 Å². The Hall–Kier alpha value is -3.66. The van der Waals surface area contributed by atoms with Crippen molar-refractivity contribution >= 4 is 11.8 Å². The highest BCUT2D eigenvalue weighted by Crippen LogP contribution is 2.18. The van der Waals surface area contributed by atoms with Crippen LogP contribution in [0.2, 0.25) is 0 Å². The summed E-state index contributed by atoms with van der Waals surface area (Å²) in [6.07, 6.45) is 0.586. The zero-order valence-electron chi connectivity index (χ0n) is 25.9. The van der Waals surface area contributed by atoms with Crippen LogP contribution in [0, 0.1) is 18.6 Å². The average molecular weight is 607 g/mol. The first-order valence-electron chi connectivity index (χ1n) is 15.5. The standard InChI is InChI=1S/C35H44F2N4O3/c1-4-12-41(13-5-2)35(44)28-16-24(3)15-27(20-28)34(43)39-31(19-26-17-29(36)21-30(37)18-26)33(42)32-23-40(14-11-38-32)22-25-9-7-6-8-10-25/h6-10,15-18,20-21,31-33,38,42H,4-5,11-14,19,22-23H2,1-3H3,(H,39,43)/t31-,32?,33-/m0/s1. The first-order chi connectivity index (χ1) is 21.2. The highest BCUT2D eigenvalue weighted by molar-refractivity contribution is 6.00. The van der Waals surface area contributed by atoms with Crippen molar-refractivity contribution < 1.29 is 23.5 Å². The number of hydrogen-bond donors (Lipinski definition) is 3. The summed E-state index contributed by atoms with van der Waals surface area (Å²) in [5.74, 6) is -2.06. The molecule has 0 saturated carbocycles. The predicted molar refractivity (Wildman–Crippen MR) is 168 cm³/mol. The van der Waals surface area contributed by atoms with Gasteiger partial charge in [-0.3, -0.25) is 14.5 Å². The van der Waals surface area contributed by atoms with E-state index in [1.54, 1.807) is 23.1 Å². The molecular formula is C35H44F2N4O3. The van der Waals surface area contributed by atoms with Crippen molar-refractivity contribution in [3.63, 3.8) is 0 Å². The van der Waals surface area contributed by atoms with Crippen molar-refractivity contribution in [2.24, 2.45) is 0 Å². The van der Waals surface area contributed by atoms with E-state index in [1.807, 2.05) is 39.0 Å². The smallest absolute Gasteiger partial charge is 0.253 e. The van der Waals surface area contributed by atoms with E-state index in [2.05, 4.69) is 27.7 Å². The van der Waals surface area contributed by atoms with Gasteiger partial charge in [-0.05, 0) is 73.2 Å². The maximum absolute atomic E-state index is 14.1. The molecule has 0 bridgehead atoms. The number of aryl methyl sites for hydroxylation is 1. The number of nitrogens with one attached hydrogen (secondary N) is 2. The number of amides is 2. The Bertz CT molecular complexity index is 1380. The fourth-order valence-corrected chi connectivity index (χ4v) is 5.90. The van der Waals surface area contributed by atoms with Gasteiger partial charge in [-0.25, -0.2) is 8.78 Å². The van der Waals surface area contributed by atoms with Crippen LogP contribution in [0.5, 0.6) is 0 Å². The number of nitrogens with zero attached hydrogens (tertiary/aromatic N) is 2. The van der Waals surface area contributed by atoms with E-state index >= 15 is 0 Å². The second-order valence-corrected chi connectivity index (χ2v) is 11.7. The molecule has 1 aliphatic heterocycles. The summed E-state index contributed by atoms with van der Waals surface area (Å²) in [5.41, 5.74) is 2.93. The highest BCUT2D eigenvalue weighted by atomic mass is 19.1. The maximum atomic E-state index is 14.1. The number of carbonyl (C=O) groups excluding carboxylic acids is 2. The number of hydrogen-bond acceptors (Lipinski definition) is 5. The van der Waals surface area contributed by atoms with Crippen LogP contribution in [0.3, 0.4) is 0 Å². The molecule has 1 heterocycles. The third kappa shape index (κ3) is 9.17. The van der Waals surface area contributed by atoms with Gasteiger partial charge in [0.05, 0.1) is 12.1 Å². The largest absolute Gasteiger partial charge is 0.389 e. The van der Waals surface area contributed by atoms with Gasteiger partial charge < -0.3 is 20.6 Å². The van der Waals surface area contributed by atoms with E-state index in [-0.39, 0.29) is 17.9 Å². The van der Waals surface area contributed by atoms with Crippen LogP contribution in [0.1, 0.15) is 64.1 Å². The molecule has 44 heavy (non-hydrogen) atoms. The Morgan fingerprint density at radius 3 is 2.30 bits per heavy atom. The van der Waals surface area contributed by atoms with Gasteiger partial charge in [-0.15, -0.1) is 0 Å². The fraction of sp³-hybridized carbons (Fsp3) is 0.429. The lowest BCUT2D eigenvalue weighted by molar-refractivity contribution is 0.0464. The second-order valence-electron chi connectivity index (χ2n) is 11.7. The highest BCUT2D eigenvalue weighted by Gasteiger charge is 2.33. The number of aliphatic hydroxyl groups is 1. The predicted octanol–water partition coefficient (Wildman–Crippen LogP) is 4.71. The van der Waals surface area contributed by atoms with Crippen molar-refractivity contribution in [3.05, 3.63) is 106 Å². The van der Waals surface area contributed by atoms with Gasteiger partial charge in [0, 0.05) is 62.5 Å². The van der Waals surface area contributed by atoms with E-state index in [1.165, 1.54) is 12.1 Å². The molecule has 0 spiro atoms. The van der Waals surface area contributed by atoms with E-state index in [9.17, 15) is 23.5 Å². The lowest BCUT2D eigenvalue weighted by atomic mass is 9.94. The van der Waals surface area contributed by atoms with Crippen LogP contribution < -0.4 is 10.6 Å². The summed E-state index contributed by atoms with van der Waals surface area (Å²) < 4.78 is 28.2. The van der Waals surface area contributed by atoms with Crippen LogP contribution in [0.4, 0.5) is 8.78 Å². The Labute approximate surface area is 259 Å². The number of benzene rings is 3. The van der Waals surface area contributed by atoms with E-state index in [0.717, 1.165) is 36.6 Å². The van der Waals surface area contributed by atoms with Gasteiger partial charge in [-0.1, -0.05) is 44.2 Å². The molecule has 0 aliphatic carbocycles. The minimum Gasteiger partial charge on any atom is -0.389 e. The molecule has 4 rings (SSSR count). The van der Waals surface area contributed by atoms with Crippen molar-refractivity contribution in [3.8, 4) is 0 Å². The summed E-state index contributed by atoms with van der Waals surface area (Å²) in [6, 6.07) is 17.1. The fourth-order valence-electron chi connectivity index (χ4n) is 5.90. The van der Waals surface area contributed by atoms with Crippen molar-refractivity contribution in [1.29, 1.82) is 0 Å². The molecule has 9 heteroatoms. The van der Waals surface area contributed by atoms with Crippen LogP contribution in [0.25, 0.3) is 0 Å². The normalized spacial score (nSPS) is 16.7. The van der Waals surface area contributed by atoms with Crippen LogP contribution in [-0.2, 0) is 13.0 Å². The van der Waals surface area contributed by atoms with Gasteiger partial charge in [0.1, 0.15) is 11.6 Å². The molecule has 2 amide bonds. The Morgan fingerprint density at radius 1 is 0.977 bits per heavy atom. The van der Waals surface area contributed by atoms with Crippen LogP contribution in [-0.4, -0.2) is 77.6 Å². The van der Waals surface area contributed by atoms with Crippen LogP contribution in [0.15, 0.2) is 66.7 Å². The Kier molecular flexibility index (Phi) is 12.0. The van der Waals surface area contributed by atoms with Gasteiger partial charge in [0.2, 0.25) is 0 Å². The molecular weight excluding hydrogens is 562 g/mol. The van der Waals surface area contributed by atoms with Crippen molar-refractivity contribution in [2.75, 3.05) is 32.7 Å². The Balaban J connectivity index is 1.57. The molecule has 236 valence electrons. The summed E-state index contributed by atoms with van der Waals surface area (Å²) in [4.78, 5) is 31.0. The molecule has 1 fully saturated rings. The molecule has 3 N–H and O–H groups in total. The molecule has 1 saturated heterocycles. The molecule has 1 aliphatic rings. The zero-order chi connectivity index (χ0) is 31.6. The monoisotopic (exact) mass is 606 g/mol. The molecule has 3 atom stereocenters. The third-order valence-electron chi connectivity index (χ3n) is 7.92. The SMILES string of the molecule is CCCN(CCC)C(=O)c1cc(C)cc(C(=O)N[C@@H](Cc2cc(F)cc(F)c2)[C@H](O)C2CN(Cc3ccccc3)CCN2)c1.